The highest BCUT2D eigenvalue weighted by Gasteiger charge is 2.11. The molecule has 0 amide bonds. The Morgan fingerprint density at radius 2 is 1.84 bits per heavy atom. The largest absolute Gasteiger partial charge is 0.269 e. The smallest absolute Gasteiger partial charge is 0.258 e. The van der Waals surface area contributed by atoms with Crippen molar-refractivity contribution in [1.29, 1.82) is 0 Å². The van der Waals surface area contributed by atoms with Crippen molar-refractivity contribution in [3.05, 3.63) is 81.2 Å². The van der Waals surface area contributed by atoms with Crippen molar-refractivity contribution < 1.29 is 9.31 Å². The van der Waals surface area contributed by atoms with Gasteiger partial charge in [0.1, 0.15) is 10.8 Å². The topological polar surface area (TPSA) is 73.3 Å². The Morgan fingerprint density at radius 3 is 2.48 bits per heavy atom. The van der Waals surface area contributed by atoms with Gasteiger partial charge in [0, 0.05) is 24.1 Å². The molecule has 4 aromatic rings. The Kier molecular flexibility index (Phi) is 3.73. The molecule has 25 heavy (non-hydrogen) atoms. The van der Waals surface area contributed by atoms with Crippen molar-refractivity contribution in [1.82, 2.24) is 14.6 Å². The summed E-state index contributed by atoms with van der Waals surface area (Å²) in [5.41, 5.74) is 2.58. The van der Waals surface area contributed by atoms with Gasteiger partial charge in [0.25, 0.3) is 5.69 Å². The Hall–Kier alpha value is -3.13. The maximum absolute atomic E-state index is 13.0. The molecule has 0 bridgehead atoms. The highest BCUT2D eigenvalue weighted by Crippen LogP contribution is 2.24. The summed E-state index contributed by atoms with van der Waals surface area (Å²) in [5.74, 6) is -0.284. The summed E-state index contributed by atoms with van der Waals surface area (Å²) in [6.45, 7) is 0. The maximum Gasteiger partial charge on any atom is 0.269 e. The number of hydrogen-bond acceptors (Lipinski definition) is 5. The van der Waals surface area contributed by atoms with Gasteiger partial charge in [-0.1, -0.05) is 23.5 Å². The van der Waals surface area contributed by atoms with Crippen LogP contribution in [0.25, 0.3) is 16.2 Å². The van der Waals surface area contributed by atoms with Crippen LogP contribution in [0, 0.1) is 15.9 Å². The molecule has 0 N–H and O–H groups in total. The lowest BCUT2D eigenvalue weighted by Crippen LogP contribution is -1.91. The molecule has 2 aromatic carbocycles. The summed E-state index contributed by atoms with van der Waals surface area (Å²) in [6.07, 6.45) is 2.39. The number of nitro benzene ring substituents is 1. The van der Waals surface area contributed by atoms with Gasteiger partial charge in [-0.3, -0.25) is 10.1 Å². The van der Waals surface area contributed by atoms with Crippen molar-refractivity contribution in [2.45, 2.75) is 6.42 Å². The molecule has 0 unspecified atom stereocenters. The minimum Gasteiger partial charge on any atom is -0.258 e. The quantitative estimate of drug-likeness (QED) is 0.409. The molecule has 0 aliphatic rings. The molecule has 6 nitrogen and oxygen atoms in total. The first-order valence-corrected chi connectivity index (χ1v) is 8.24. The monoisotopic (exact) mass is 354 g/mol. The van der Waals surface area contributed by atoms with Crippen LogP contribution in [0.2, 0.25) is 0 Å². The summed E-state index contributed by atoms with van der Waals surface area (Å²) in [4.78, 5) is 15.5. The van der Waals surface area contributed by atoms with Gasteiger partial charge >= 0.3 is 0 Å². The molecular weight excluding hydrogens is 343 g/mol. The second kappa shape index (κ2) is 6.06. The normalized spacial score (nSPS) is 11.1. The first kappa shape index (κ1) is 15.4. The maximum atomic E-state index is 13.0. The summed E-state index contributed by atoms with van der Waals surface area (Å²) < 4.78 is 14.7. The minimum absolute atomic E-state index is 0.0710. The molecule has 0 saturated heterocycles. The second-order valence-electron chi connectivity index (χ2n) is 5.46. The van der Waals surface area contributed by atoms with E-state index in [2.05, 4.69) is 10.1 Å². The second-order valence-corrected chi connectivity index (χ2v) is 6.50. The van der Waals surface area contributed by atoms with Gasteiger partial charge in [-0.25, -0.2) is 13.9 Å². The molecule has 0 radical (unpaired) electrons. The van der Waals surface area contributed by atoms with Crippen molar-refractivity contribution in [2.24, 2.45) is 0 Å². The number of rotatable bonds is 4. The van der Waals surface area contributed by atoms with Crippen LogP contribution in [-0.2, 0) is 6.42 Å². The molecule has 2 heterocycles. The van der Waals surface area contributed by atoms with E-state index < -0.39 is 4.92 Å². The van der Waals surface area contributed by atoms with E-state index in [1.165, 1.54) is 35.6 Å². The summed E-state index contributed by atoms with van der Waals surface area (Å²) in [7, 11) is 0. The molecule has 0 atom stereocenters. The number of halogens is 1. The average Bonchev–Trinajstić information content (AvgIpc) is 3.14. The van der Waals surface area contributed by atoms with Gasteiger partial charge in [0.2, 0.25) is 4.96 Å². The van der Waals surface area contributed by atoms with Crippen molar-refractivity contribution in [2.75, 3.05) is 0 Å². The number of fused-ring (bicyclic) bond motifs is 1. The molecule has 2 aromatic heterocycles. The highest BCUT2D eigenvalue weighted by molar-refractivity contribution is 7.16. The van der Waals surface area contributed by atoms with Crippen molar-refractivity contribution >= 4 is 22.0 Å². The van der Waals surface area contributed by atoms with E-state index in [0.29, 0.717) is 6.42 Å². The Bertz CT molecular complexity index is 1020. The SMILES string of the molecule is O=[N+]([O-])c1ccc(Cc2nn3cc(-c4ccc(F)cc4)nc3s2)cc1. The minimum atomic E-state index is -0.418. The lowest BCUT2D eigenvalue weighted by molar-refractivity contribution is -0.384. The van der Waals surface area contributed by atoms with E-state index in [-0.39, 0.29) is 11.5 Å². The Balaban J connectivity index is 1.56. The molecule has 124 valence electrons. The zero-order chi connectivity index (χ0) is 17.4. The van der Waals surface area contributed by atoms with Crippen LogP contribution in [-0.4, -0.2) is 19.5 Å². The number of imidazole rings is 1. The van der Waals surface area contributed by atoms with Crippen LogP contribution in [0.1, 0.15) is 10.6 Å². The van der Waals surface area contributed by atoms with Gasteiger partial charge in [-0.15, -0.1) is 0 Å². The first-order chi connectivity index (χ1) is 12.1. The number of aromatic nitrogens is 3. The molecule has 0 aliphatic heterocycles. The van der Waals surface area contributed by atoms with Crippen LogP contribution in [0.5, 0.6) is 0 Å². The van der Waals surface area contributed by atoms with E-state index in [0.717, 1.165) is 26.8 Å². The van der Waals surface area contributed by atoms with Crippen LogP contribution in [0.4, 0.5) is 10.1 Å². The highest BCUT2D eigenvalue weighted by atomic mass is 32.1. The lowest BCUT2D eigenvalue weighted by atomic mass is 10.1. The van der Waals surface area contributed by atoms with Crippen LogP contribution in [0.3, 0.4) is 0 Å². The summed E-state index contributed by atoms with van der Waals surface area (Å²) >= 11 is 1.45. The van der Waals surface area contributed by atoms with Crippen LogP contribution < -0.4 is 0 Å². The third-order valence-corrected chi connectivity index (χ3v) is 4.65. The standard InChI is InChI=1S/C17H11FN4O2S/c18-13-5-3-12(4-6-13)15-10-21-17(19-15)25-16(20-21)9-11-1-7-14(8-2-11)22(23)24/h1-8,10H,9H2. The molecular formula is C17H11FN4O2S. The van der Waals surface area contributed by atoms with E-state index in [4.69, 9.17) is 0 Å². The average molecular weight is 354 g/mol. The number of hydrogen-bond donors (Lipinski definition) is 0. The predicted molar refractivity (Wildman–Crippen MR) is 92.2 cm³/mol. The van der Waals surface area contributed by atoms with E-state index >= 15 is 0 Å². The predicted octanol–water partition coefficient (Wildman–Crippen LogP) is 4.10. The third-order valence-electron chi connectivity index (χ3n) is 3.73. The number of benzene rings is 2. The molecule has 4 rings (SSSR count). The van der Waals surface area contributed by atoms with Crippen molar-refractivity contribution in [3.8, 4) is 11.3 Å². The Labute approximate surface area is 145 Å². The van der Waals surface area contributed by atoms with E-state index in [9.17, 15) is 14.5 Å². The van der Waals surface area contributed by atoms with Crippen molar-refractivity contribution in [3.63, 3.8) is 0 Å². The molecule has 0 saturated carbocycles. The zero-order valence-corrected chi connectivity index (χ0v) is 13.6. The summed E-state index contributed by atoms with van der Waals surface area (Å²) in [6, 6.07) is 12.6. The lowest BCUT2D eigenvalue weighted by Gasteiger charge is -1.97. The Morgan fingerprint density at radius 1 is 1.12 bits per heavy atom. The fraction of sp³-hybridized carbons (Fsp3) is 0.0588. The fourth-order valence-electron chi connectivity index (χ4n) is 2.48. The molecule has 0 fully saturated rings. The third kappa shape index (κ3) is 3.11. The van der Waals surface area contributed by atoms with Gasteiger partial charge in [-0.05, 0) is 29.8 Å². The van der Waals surface area contributed by atoms with Gasteiger partial charge < -0.3 is 0 Å². The molecule has 8 heteroatoms. The van der Waals surface area contributed by atoms with E-state index in [1.54, 1.807) is 35.0 Å². The van der Waals surface area contributed by atoms with E-state index in [1.807, 2.05) is 0 Å². The summed E-state index contributed by atoms with van der Waals surface area (Å²) in [5, 5.41) is 16.0. The van der Waals surface area contributed by atoms with Gasteiger partial charge in [-0.2, -0.15) is 5.10 Å². The molecule has 0 spiro atoms. The van der Waals surface area contributed by atoms with Gasteiger partial charge in [0.05, 0.1) is 16.8 Å². The first-order valence-electron chi connectivity index (χ1n) is 7.43. The number of non-ortho nitro benzene ring substituents is 1. The number of nitrogens with zero attached hydrogens (tertiary/aromatic N) is 4. The number of nitro groups is 1. The zero-order valence-electron chi connectivity index (χ0n) is 12.8. The van der Waals surface area contributed by atoms with Gasteiger partial charge in [0.15, 0.2) is 0 Å². The molecule has 0 aliphatic carbocycles. The van der Waals surface area contributed by atoms with Crippen LogP contribution in [0.15, 0.2) is 54.7 Å². The fourth-order valence-corrected chi connectivity index (χ4v) is 3.39. The van der Waals surface area contributed by atoms with Crippen LogP contribution >= 0.6 is 11.3 Å².